The molecule has 0 saturated carbocycles. The van der Waals surface area contributed by atoms with Crippen molar-refractivity contribution in [1.29, 1.82) is 0 Å². The fourth-order valence-corrected chi connectivity index (χ4v) is 4.27. The Balaban J connectivity index is 0.000000321. The molecule has 156 valence electrons. The van der Waals surface area contributed by atoms with Crippen LogP contribution in [-0.2, 0) is 33.9 Å². The van der Waals surface area contributed by atoms with Crippen LogP contribution in [0.2, 0.25) is 5.02 Å². The van der Waals surface area contributed by atoms with Crippen LogP contribution < -0.4 is 5.32 Å². The molecule has 0 radical (unpaired) electrons. The molecule has 8 heteroatoms. The summed E-state index contributed by atoms with van der Waals surface area (Å²) < 4.78 is 0. The van der Waals surface area contributed by atoms with Gasteiger partial charge in [0.25, 0.3) is 0 Å². The van der Waals surface area contributed by atoms with Crippen LogP contribution in [0.4, 0.5) is 0 Å². The molecule has 1 aromatic heterocycles. The highest BCUT2D eigenvalue weighted by atomic mass is 35.5. The van der Waals surface area contributed by atoms with Crippen LogP contribution in [0.3, 0.4) is 0 Å². The number of pyridine rings is 1. The number of nitrogens with zero attached hydrogens (tertiary/aromatic N) is 1. The summed E-state index contributed by atoms with van der Waals surface area (Å²) in [7, 11) is 0. The Kier molecular flexibility index (Phi) is 9.97. The number of thioether (sulfide) groups is 1. The van der Waals surface area contributed by atoms with Gasteiger partial charge in [0.15, 0.2) is 0 Å². The lowest BCUT2D eigenvalue weighted by Crippen LogP contribution is -2.16. The number of rotatable bonds is 7. The Morgan fingerprint density at radius 2 is 1.76 bits per heavy atom. The highest BCUT2D eigenvalue weighted by molar-refractivity contribution is 7.97. The van der Waals surface area contributed by atoms with Crippen LogP contribution in [0.1, 0.15) is 35.2 Å². The number of nitrogens with one attached hydrogen (secondary N) is 1. The van der Waals surface area contributed by atoms with Gasteiger partial charge in [0.2, 0.25) is 0 Å². The molecule has 0 atom stereocenters. The van der Waals surface area contributed by atoms with E-state index in [4.69, 9.17) is 21.8 Å². The molecule has 3 rings (SSSR count). The molecule has 6 nitrogen and oxygen atoms in total. The van der Waals surface area contributed by atoms with Crippen molar-refractivity contribution >= 4 is 35.3 Å². The highest BCUT2D eigenvalue weighted by Crippen LogP contribution is 2.30. The Morgan fingerprint density at radius 1 is 1.03 bits per heavy atom. The van der Waals surface area contributed by atoms with Crippen molar-refractivity contribution in [2.75, 3.05) is 13.1 Å². The van der Waals surface area contributed by atoms with E-state index in [0.29, 0.717) is 0 Å². The third-order valence-electron chi connectivity index (χ3n) is 4.37. The van der Waals surface area contributed by atoms with Gasteiger partial charge >= 0.3 is 11.9 Å². The van der Waals surface area contributed by atoms with E-state index in [2.05, 4.69) is 28.5 Å². The van der Waals surface area contributed by atoms with Crippen molar-refractivity contribution < 1.29 is 19.8 Å². The van der Waals surface area contributed by atoms with Crippen molar-refractivity contribution in [1.82, 2.24) is 10.3 Å². The number of carboxylic acids is 2. The fraction of sp³-hybridized carbons (Fsp3) is 0.381. The van der Waals surface area contributed by atoms with Crippen LogP contribution >= 0.6 is 23.4 Å². The normalized spacial score (nSPS) is 12.9. The number of aromatic nitrogens is 1. The number of aliphatic carboxylic acids is 2. The molecule has 2 aromatic rings. The number of benzene rings is 1. The largest absolute Gasteiger partial charge is 0.481 e. The topological polar surface area (TPSA) is 99.5 Å². The molecular weight excluding hydrogens is 412 g/mol. The molecule has 1 aromatic carbocycles. The van der Waals surface area contributed by atoms with Crippen LogP contribution in [0.25, 0.3) is 0 Å². The van der Waals surface area contributed by atoms with Crippen LogP contribution in [-0.4, -0.2) is 40.2 Å². The third kappa shape index (κ3) is 8.43. The minimum atomic E-state index is -1.08. The van der Waals surface area contributed by atoms with E-state index in [9.17, 15) is 9.59 Å². The SMILES string of the molecule is Clc1ccc2c(c1CSCc1ccccn1)CCNCC2.O=C(O)CCC(=O)O. The number of carboxylic acid groups (broad SMARTS) is 2. The molecule has 0 bridgehead atoms. The van der Waals surface area contributed by atoms with E-state index in [0.717, 1.165) is 48.2 Å². The van der Waals surface area contributed by atoms with Crippen LogP contribution in [0, 0.1) is 0 Å². The molecule has 0 saturated heterocycles. The highest BCUT2D eigenvalue weighted by Gasteiger charge is 2.14. The molecular formula is C21H25ClN2O4S. The van der Waals surface area contributed by atoms with Crippen molar-refractivity contribution in [3.05, 3.63) is 63.9 Å². The molecule has 29 heavy (non-hydrogen) atoms. The summed E-state index contributed by atoms with van der Waals surface area (Å²) in [6.07, 6.45) is 3.44. The molecule has 2 heterocycles. The zero-order chi connectivity index (χ0) is 21.1. The van der Waals surface area contributed by atoms with Crippen molar-refractivity contribution in [2.45, 2.75) is 37.2 Å². The van der Waals surface area contributed by atoms with Gasteiger partial charge in [-0.1, -0.05) is 23.7 Å². The summed E-state index contributed by atoms with van der Waals surface area (Å²) in [5.74, 6) is -0.266. The van der Waals surface area contributed by atoms with Gasteiger partial charge < -0.3 is 15.5 Å². The zero-order valence-corrected chi connectivity index (χ0v) is 17.6. The van der Waals surface area contributed by atoms with Crippen molar-refractivity contribution in [3.63, 3.8) is 0 Å². The second kappa shape index (κ2) is 12.5. The van der Waals surface area contributed by atoms with Gasteiger partial charge in [-0.2, -0.15) is 11.8 Å². The van der Waals surface area contributed by atoms with Gasteiger partial charge in [-0.3, -0.25) is 14.6 Å². The van der Waals surface area contributed by atoms with E-state index in [1.807, 2.05) is 30.1 Å². The van der Waals surface area contributed by atoms with Gasteiger partial charge in [-0.15, -0.1) is 0 Å². The molecule has 0 spiro atoms. The Hall–Kier alpha value is -2.09. The van der Waals surface area contributed by atoms with Gasteiger partial charge in [0, 0.05) is 22.7 Å². The minimum Gasteiger partial charge on any atom is -0.481 e. The average Bonchev–Trinajstić information content (AvgIpc) is 2.95. The molecule has 0 fully saturated rings. The molecule has 0 amide bonds. The standard InChI is InChI=1S/C17H19ClN2S.C4H6O4/c18-17-5-4-13-6-9-19-10-7-15(13)16(17)12-21-11-14-3-1-2-8-20-14;5-3(6)1-2-4(7)8/h1-5,8,19H,6-7,9-12H2;1-2H2,(H,5,6)(H,7,8). The number of halogens is 1. The van der Waals surface area contributed by atoms with E-state index in [1.165, 1.54) is 16.7 Å². The summed E-state index contributed by atoms with van der Waals surface area (Å²) >= 11 is 8.33. The second-order valence-corrected chi connectivity index (χ2v) is 7.91. The first kappa shape index (κ1) is 23.2. The third-order valence-corrected chi connectivity index (χ3v) is 5.72. The first-order valence-electron chi connectivity index (χ1n) is 9.38. The van der Waals surface area contributed by atoms with E-state index in [1.54, 1.807) is 0 Å². The molecule has 3 N–H and O–H groups in total. The first-order valence-corrected chi connectivity index (χ1v) is 10.9. The van der Waals surface area contributed by atoms with E-state index in [-0.39, 0.29) is 12.8 Å². The molecule has 0 aliphatic carbocycles. The van der Waals surface area contributed by atoms with E-state index < -0.39 is 11.9 Å². The zero-order valence-electron chi connectivity index (χ0n) is 16.1. The number of hydrogen-bond acceptors (Lipinski definition) is 5. The maximum absolute atomic E-state index is 9.64. The molecule has 0 unspecified atom stereocenters. The first-order chi connectivity index (χ1) is 14.0. The predicted molar refractivity (Wildman–Crippen MR) is 115 cm³/mol. The fourth-order valence-electron chi connectivity index (χ4n) is 2.93. The maximum Gasteiger partial charge on any atom is 0.303 e. The number of hydrogen-bond donors (Lipinski definition) is 3. The second-order valence-electron chi connectivity index (χ2n) is 6.51. The van der Waals surface area contributed by atoms with Gasteiger partial charge in [-0.05, 0) is 60.8 Å². The summed E-state index contributed by atoms with van der Waals surface area (Å²) in [5, 5.41) is 20.2. The van der Waals surface area contributed by atoms with Crippen molar-refractivity contribution in [3.8, 4) is 0 Å². The Bertz CT molecular complexity index is 804. The maximum atomic E-state index is 9.64. The van der Waals surface area contributed by atoms with Crippen molar-refractivity contribution in [2.24, 2.45) is 0 Å². The van der Waals surface area contributed by atoms with E-state index >= 15 is 0 Å². The van der Waals surface area contributed by atoms with Gasteiger partial charge in [-0.25, -0.2) is 0 Å². The minimum absolute atomic E-state index is 0.296. The van der Waals surface area contributed by atoms with Gasteiger partial charge in [0.1, 0.15) is 0 Å². The van der Waals surface area contributed by atoms with Gasteiger partial charge in [0.05, 0.1) is 18.5 Å². The average molecular weight is 437 g/mol. The quantitative estimate of drug-likeness (QED) is 0.607. The summed E-state index contributed by atoms with van der Waals surface area (Å²) in [6.45, 7) is 2.11. The predicted octanol–water partition coefficient (Wildman–Crippen LogP) is 3.79. The van der Waals surface area contributed by atoms with Crippen LogP contribution in [0.5, 0.6) is 0 Å². The smallest absolute Gasteiger partial charge is 0.303 e. The summed E-state index contributed by atoms with van der Waals surface area (Å²) in [4.78, 5) is 23.7. The lowest BCUT2D eigenvalue weighted by atomic mass is 9.98. The Morgan fingerprint density at radius 3 is 2.41 bits per heavy atom. The summed E-state index contributed by atoms with van der Waals surface area (Å²) in [5.41, 5.74) is 5.36. The molecule has 1 aliphatic heterocycles. The molecule has 1 aliphatic rings. The summed E-state index contributed by atoms with van der Waals surface area (Å²) in [6, 6.07) is 10.3. The monoisotopic (exact) mass is 436 g/mol. The lowest BCUT2D eigenvalue weighted by Gasteiger charge is -2.14. The number of fused-ring (bicyclic) bond motifs is 1. The number of carbonyl (C=O) groups is 2. The lowest BCUT2D eigenvalue weighted by molar-refractivity contribution is -0.143. The Labute approximate surface area is 179 Å². The van der Waals surface area contributed by atoms with Crippen LogP contribution in [0.15, 0.2) is 36.5 Å².